The van der Waals surface area contributed by atoms with Gasteiger partial charge in [-0.25, -0.2) is 4.79 Å². The van der Waals surface area contributed by atoms with Gasteiger partial charge in [0.05, 0.1) is 0 Å². The van der Waals surface area contributed by atoms with Crippen molar-refractivity contribution in [3.63, 3.8) is 0 Å². The summed E-state index contributed by atoms with van der Waals surface area (Å²) in [6, 6.07) is 0.868. The maximum atomic E-state index is 12.2. The van der Waals surface area contributed by atoms with Gasteiger partial charge in [-0.15, -0.1) is 0 Å². The van der Waals surface area contributed by atoms with Crippen molar-refractivity contribution in [2.24, 2.45) is 5.92 Å². The second kappa shape index (κ2) is 6.88. The first-order valence-electron chi connectivity index (χ1n) is 8.97. The Bertz CT molecular complexity index is 418. The van der Waals surface area contributed by atoms with Gasteiger partial charge < -0.3 is 15.1 Å². The second-order valence-corrected chi connectivity index (χ2v) is 7.21. The van der Waals surface area contributed by atoms with Crippen LogP contribution in [0.2, 0.25) is 0 Å². The number of amides is 3. The molecule has 1 aliphatic heterocycles. The number of carbonyl (C=O) groups is 2. The van der Waals surface area contributed by atoms with E-state index in [0.717, 1.165) is 57.7 Å². The number of nitrogens with one attached hydrogen (secondary N) is 1. The van der Waals surface area contributed by atoms with Crippen molar-refractivity contribution in [2.75, 3.05) is 19.6 Å². The molecule has 2 saturated carbocycles. The lowest BCUT2D eigenvalue weighted by molar-refractivity contribution is -0.136. The fourth-order valence-electron chi connectivity index (χ4n) is 3.70. The summed E-state index contributed by atoms with van der Waals surface area (Å²) in [6.07, 6.45) is 9.03. The van der Waals surface area contributed by atoms with Gasteiger partial charge in [-0.1, -0.05) is 0 Å². The first-order valence-corrected chi connectivity index (χ1v) is 8.97. The van der Waals surface area contributed by atoms with Crippen LogP contribution < -0.4 is 5.32 Å². The lowest BCUT2D eigenvalue weighted by Crippen LogP contribution is -2.49. The van der Waals surface area contributed by atoms with Crippen LogP contribution in [0.15, 0.2) is 0 Å². The Morgan fingerprint density at radius 2 is 1.68 bits per heavy atom. The number of urea groups is 1. The third-order valence-corrected chi connectivity index (χ3v) is 5.45. The zero-order chi connectivity index (χ0) is 15.5. The van der Waals surface area contributed by atoms with Crippen LogP contribution in [0.4, 0.5) is 4.79 Å². The van der Waals surface area contributed by atoms with E-state index in [0.29, 0.717) is 12.1 Å². The lowest BCUT2D eigenvalue weighted by Gasteiger charge is -2.42. The molecule has 1 unspecified atom stereocenters. The minimum absolute atomic E-state index is 0.0885. The quantitative estimate of drug-likeness (QED) is 0.867. The predicted molar refractivity (Wildman–Crippen MR) is 85.5 cm³/mol. The van der Waals surface area contributed by atoms with Crippen LogP contribution in [0, 0.1) is 5.92 Å². The van der Waals surface area contributed by atoms with E-state index in [2.05, 4.69) is 10.2 Å². The van der Waals surface area contributed by atoms with E-state index in [4.69, 9.17) is 0 Å². The highest BCUT2D eigenvalue weighted by Gasteiger charge is 2.34. The Balaban J connectivity index is 1.51. The minimum atomic E-state index is 0.0885. The van der Waals surface area contributed by atoms with Crippen LogP contribution >= 0.6 is 0 Å². The van der Waals surface area contributed by atoms with E-state index in [1.165, 1.54) is 19.3 Å². The molecular formula is C17H29N3O2. The molecule has 0 aromatic carbocycles. The van der Waals surface area contributed by atoms with Gasteiger partial charge in [0.1, 0.15) is 0 Å². The average molecular weight is 307 g/mol. The Morgan fingerprint density at radius 1 is 1.00 bits per heavy atom. The molecule has 1 N–H and O–H groups in total. The summed E-state index contributed by atoms with van der Waals surface area (Å²) >= 11 is 0. The highest BCUT2D eigenvalue weighted by molar-refractivity contribution is 5.75. The third-order valence-electron chi connectivity index (χ3n) is 5.45. The van der Waals surface area contributed by atoms with E-state index in [9.17, 15) is 9.59 Å². The molecule has 5 heteroatoms. The van der Waals surface area contributed by atoms with Crippen LogP contribution in [0.1, 0.15) is 58.3 Å². The van der Waals surface area contributed by atoms with Gasteiger partial charge in [0.15, 0.2) is 0 Å². The molecule has 0 bridgehead atoms. The van der Waals surface area contributed by atoms with Gasteiger partial charge in [-0.3, -0.25) is 4.79 Å². The van der Waals surface area contributed by atoms with E-state index in [1.54, 1.807) is 6.92 Å². The predicted octanol–water partition coefficient (Wildman–Crippen LogP) is 2.36. The fraction of sp³-hybridized carbons (Fsp3) is 0.882. The maximum absolute atomic E-state index is 12.2. The Morgan fingerprint density at radius 3 is 2.27 bits per heavy atom. The number of hydrogen-bond acceptors (Lipinski definition) is 2. The third kappa shape index (κ3) is 3.73. The molecule has 124 valence electrons. The zero-order valence-electron chi connectivity index (χ0n) is 13.7. The van der Waals surface area contributed by atoms with Crippen molar-refractivity contribution in [1.29, 1.82) is 0 Å². The lowest BCUT2D eigenvalue weighted by atomic mass is 9.89. The Labute approximate surface area is 133 Å². The van der Waals surface area contributed by atoms with Gasteiger partial charge >= 0.3 is 6.03 Å². The monoisotopic (exact) mass is 307 g/mol. The van der Waals surface area contributed by atoms with Gasteiger partial charge in [-0.05, 0) is 57.3 Å². The molecule has 0 spiro atoms. The summed E-state index contributed by atoms with van der Waals surface area (Å²) in [5, 5.41) is 3.06. The Kier molecular flexibility index (Phi) is 4.89. The largest absolute Gasteiger partial charge is 0.338 e. The molecular weight excluding hydrogens is 278 g/mol. The molecule has 0 aromatic heterocycles. The first kappa shape index (κ1) is 15.6. The molecule has 3 aliphatic rings. The van der Waals surface area contributed by atoms with Crippen molar-refractivity contribution in [2.45, 2.75) is 70.4 Å². The normalized spacial score (nSPS) is 26.0. The van der Waals surface area contributed by atoms with Gasteiger partial charge in [0.25, 0.3) is 0 Å². The molecule has 3 amide bonds. The molecule has 22 heavy (non-hydrogen) atoms. The van der Waals surface area contributed by atoms with Crippen molar-refractivity contribution >= 4 is 11.9 Å². The summed E-state index contributed by atoms with van der Waals surface area (Å²) in [5.41, 5.74) is 0. The van der Waals surface area contributed by atoms with E-state index in [-0.39, 0.29) is 11.9 Å². The molecule has 1 saturated heterocycles. The smallest absolute Gasteiger partial charge is 0.317 e. The van der Waals surface area contributed by atoms with Crippen LogP contribution in [-0.2, 0) is 4.79 Å². The SMILES string of the molecule is CC(=O)N(C1CCC1)C1CCCN(C(=O)NCC2CC2)CC1. The highest BCUT2D eigenvalue weighted by atomic mass is 16.2. The number of rotatable bonds is 4. The molecule has 2 aliphatic carbocycles. The summed E-state index contributed by atoms with van der Waals surface area (Å²) < 4.78 is 0. The molecule has 5 nitrogen and oxygen atoms in total. The van der Waals surface area contributed by atoms with Gasteiger partial charge in [0, 0.05) is 38.6 Å². The van der Waals surface area contributed by atoms with Crippen LogP contribution in [0.25, 0.3) is 0 Å². The zero-order valence-corrected chi connectivity index (χ0v) is 13.7. The van der Waals surface area contributed by atoms with Gasteiger partial charge in [-0.2, -0.15) is 0 Å². The molecule has 0 aromatic rings. The topological polar surface area (TPSA) is 52.7 Å². The number of nitrogens with zero attached hydrogens (tertiary/aromatic N) is 2. The minimum Gasteiger partial charge on any atom is -0.338 e. The summed E-state index contributed by atoms with van der Waals surface area (Å²) in [7, 11) is 0. The van der Waals surface area contributed by atoms with Crippen molar-refractivity contribution in [3.05, 3.63) is 0 Å². The summed E-state index contributed by atoms with van der Waals surface area (Å²) in [4.78, 5) is 28.3. The van der Waals surface area contributed by atoms with Crippen LogP contribution in [0.3, 0.4) is 0 Å². The fourth-order valence-corrected chi connectivity index (χ4v) is 3.70. The number of carbonyl (C=O) groups excluding carboxylic acids is 2. The van der Waals surface area contributed by atoms with Crippen molar-refractivity contribution in [1.82, 2.24) is 15.1 Å². The Hall–Kier alpha value is -1.26. The number of likely N-dealkylation sites (tertiary alicyclic amines) is 1. The molecule has 3 rings (SSSR count). The van der Waals surface area contributed by atoms with E-state index >= 15 is 0 Å². The molecule has 3 fully saturated rings. The molecule has 0 radical (unpaired) electrons. The highest BCUT2D eigenvalue weighted by Crippen LogP contribution is 2.30. The molecule has 1 heterocycles. The second-order valence-electron chi connectivity index (χ2n) is 7.21. The van der Waals surface area contributed by atoms with Crippen LogP contribution in [0.5, 0.6) is 0 Å². The first-order chi connectivity index (χ1) is 10.6. The van der Waals surface area contributed by atoms with Crippen molar-refractivity contribution < 1.29 is 9.59 Å². The van der Waals surface area contributed by atoms with Crippen molar-refractivity contribution in [3.8, 4) is 0 Å². The summed E-state index contributed by atoms with van der Waals surface area (Å²) in [5.74, 6) is 0.928. The average Bonchev–Trinajstić information content (AvgIpc) is 3.26. The maximum Gasteiger partial charge on any atom is 0.317 e. The van der Waals surface area contributed by atoms with Crippen LogP contribution in [-0.4, -0.2) is 53.5 Å². The molecule has 1 atom stereocenters. The van der Waals surface area contributed by atoms with E-state index in [1.807, 2.05) is 4.90 Å². The number of hydrogen-bond donors (Lipinski definition) is 1. The standard InChI is InChI=1S/C17H29N3O2/c1-13(21)20(15-4-2-5-15)16-6-3-10-19(11-9-16)17(22)18-12-14-7-8-14/h14-16H,2-12H2,1H3,(H,18,22). The van der Waals surface area contributed by atoms with Gasteiger partial charge in [0.2, 0.25) is 5.91 Å². The summed E-state index contributed by atoms with van der Waals surface area (Å²) in [6.45, 7) is 4.13. The van der Waals surface area contributed by atoms with E-state index < -0.39 is 0 Å².